The lowest BCUT2D eigenvalue weighted by atomic mass is 10.1. The number of nitrogens with zero attached hydrogens (tertiary/aromatic N) is 2. The molecule has 0 saturated heterocycles. The van der Waals surface area contributed by atoms with Crippen LogP contribution in [0.5, 0.6) is 57.5 Å². The maximum atomic E-state index is 14.1. The lowest BCUT2D eigenvalue weighted by Crippen LogP contribution is -2.12. The molecule has 0 unspecified atom stereocenters. The first kappa shape index (κ1) is 90.9. The molecule has 105 heavy (non-hydrogen) atoms. The van der Waals surface area contributed by atoms with Crippen LogP contribution in [0.2, 0.25) is 0 Å². The Morgan fingerprint density at radius 2 is 0.505 bits per heavy atom. The van der Waals surface area contributed by atoms with Crippen LogP contribution in [0.3, 0.4) is 0 Å². The average molecular weight is 1460 g/mol. The number of unbranched alkanes of at least 4 members (excludes halogenated alkanes) is 42. The lowest BCUT2D eigenvalue weighted by molar-refractivity contribution is 0.0723. The van der Waals surface area contributed by atoms with Gasteiger partial charge in [0.15, 0.2) is 23.0 Å². The van der Waals surface area contributed by atoms with Crippen molar-refractivity contribution < 1.29 is 57.7 Å². The van der Waals surface area contributed by atoms with Crippen molar-refractivity contribution >= 4 is 24.4 Å². The number of hydrogen-bond acceptors (Lipinski definition) is 14. The van der Waals surface area contributed by atoms with E-state index in [0.717, 1.165) is 103 Å². The summed E-state index contributed by atoms with van der Waals surface area (Å²) in [4.78, 5) is 37.3. The van der Waals surface area contributed by atoms with E-state index in [4.69, 9.17) is 37.9 Å². The number of benzene rings is 4. The van der Waals surface area contributed by atoms with Crippen LogP contribution >= 0.6 is 0 Å². The third-order valence-corrected chi connectivity index (χ3v) is 19.5. The van der Waals surface area contributed by atoms with Gasteiger partial charge in [-0.05, 0) is 93.5 Å². The van der Waals surface area contributed by atoms with Crippen molar-refractivity contribution in [2.75, 3.05) is 52.7 Å². The van der Waals surface area contributed by atoms with Crippen molar-refractivity contribution in [3.8, 4) is 57.5 Å². The molecule has 0 saturated carbocycles. The molecule has 0 atom stereocenters. The molecule has 14 heteroatoms. The minimum Gasteiger partial charge on any atom is -0.507 e. The standard InChI is InChI=1S/C91H146N2O12/c1-7-13-19-25-31-37-43-49-62-98-84-68-78(69-85(99-63-50-44-38-32-26-20-14-8-2)88(84)102-66-53-47-41-35-29-23-17-11-5)90(96)104-80-58-56-76(82(94)72-80)74-92-60-55-61-93-75-77-57-59-81(73-83(77)95)105-91(97)79-70-86(100-64-51-45-39-33-27-21-15-9-3)89(103-67-54-48-42-36-30-24-18-12-6)87(71-79)101-65-52-46-40-34-28-22-16-10-4/h56-59,68-75,94-95H,7-55,60-67H2,1-6H3. The largest absolute Gasteiger partial charge is 0.507 e. The van der Waals surface area contributed by atoms with Gasteiger partial charge in [-0.15, -0.1) is 0 Å². The second-order valence-electron chi connectivity index (χ2n) is 29.2. The molecule has 0 aliphatic rings. The number of aliphatic imine (C=N–C) groups is 2. The summed E-state index contributed by atoms with van der Waals surface area (Å²) in [6, 6.07) is 16.3. The van der Waals surface area contributed by atoms with Gasteiger partial charge in [0, 0.05) is 48.8 Å². The number of hydrogen-bond donors (Lipinski definition) is 2. The molecule has 0 amide bonds. The maximum absolute atomic E-state index is 14.1. The lowest BCUT2D eigenvalue weighted by Gasteiger charge is -2.19. The van der Waals surface area contributed by atoms with E-state index < -0.39 is 11.9 Å². The number of carbonyl (C=O) groups is 2. The first-order chi connectivity index (χ1) is 51.6. The summed E-state index contributed by atoms with van der Waals surface area (Å²) in [6.07, 6.45) is 60.5. The van der Waals surface area contributed by atoms with Crippen molar-refractivity contribution in [3.05, 3.63) is 82.9 Å². The van der Waals surface area contributed by atoms with Gasteiger partial charge in [0.1, 0.15) is 23.0 Å². The molecular weight excluding hydrogens is 1310 g/mol. The van der Waals surface area contributed by atoms with Crippen LogP contribution in [0.15, 0.2) is 70.6 Å². The van der Waals surface area contributed by atoms with Crippen molar-refractivity contribution in [1.82, 2.24) is 0 Å². The molecule has 0 spiro atoms. The summed E-state index contributed by atoms with van der Waals surface area (Å²) in [5.74, 6) is 1.97. The summed E-state index contributed by atoms with van der Waals surface area (Å²) in [5, 5.41) is 22.3. The predicted octanol–water partition coefficient (Wildman–Crippen LogP) is 26.6. The quantitative estimate of drug-likeness (QED) is 0.0186. The van der Waals surface area contributed by atoms with Gasteiger partial charge in [-0.1, -0.05) is 311 Å². The fourth-order valence-electron chi connectivity index (χ4n) is 12.9. The van der Waals surface area contributed by atoms with E-state index >= 15 is 0 Å². The highest BCUT2D eigenvalue weighted by Crippen LogP contribution is 2.42. The molecule has 0 fully saturated rings. The zero-order valence-corrected chi connectivity index (χ0v) is 67.1. The van der Waals surface area contributed by atoms with Gasteiger partial charge >= 0.3 is 11.9 Å². The minimum atomic E-state index is -0.605. The Morgan fingerprint density at radius 1 is 0.286 bits per heavy atom. The zero-order chi connectivity index (χ0) is 75.1. The third kappa shape index (κ3) is 43.2. The fourth-order valence-corrected chi connectivity index (χ4v) is 12.9. The van der Waals surface area contributed by atoms with E-state index in [1.165, 1.54) is 218 Å². The molecule has 4 aromatic rings. The van der Waals surface area contributed by atoms with Crippen molar-refractivity contribution in [2.24, 2.45) is 9.98 Å². The topological polar surface area (TPSA) is 173 Å². The Bertz CT molecular complexity index is 2610. The van der Waals surface area contributed by atoms with E-state index in [9.17, 15) is 19.8 Å². The zero-order valence-electron chi connectivity index (χ0n) is 67.1. The summed E-state index contributed by atoms with van der Waals surface area (Å²) in [6.45, 7) is 17.3. The number of phenolic OH excluding ortho intramolecular Hbond substituents is 2. The highest BCUT2D eigenvalue weighted by molar-refractivity contribution is 5.94. The van der Waals surface area contributed by atoms with E-state index in [0.29, 0.717) is 105 Å². The second kappa shape index (κ2) is 62.6. The summed E-state index contributed by atoms with van der Waals surface area (Å²) in [7, 11) is 0. The fraction of sp³-hybridized carbons (Fsp3) is 0.692. The summed E-state index contributed by atoms with van der Waals surface area (Å²) >= 11 is 0. The Kier molecular flexibility index (Phi) is 54.2. The van der Waals surface area contributed by atoms with E-state index in [1.807, 2.05) is 0 Å². The molecule has 592 valence electrons. The molecule has 0 radical (unpaired) electrons. The molecule has 4 rings (SSSR count). The predicted molar refractivity (Wildman–Crippen MR) is 437 cm³/mol. The number of aromatic hydroxyl groups is 2. The van der Waals surface area contributed by atoms with Crippen LogP contribution in [-0.4, -0.2) is 87.3 Å². The maximum Gasteiger partial charge on any atom is 0.343 e. The van der Waals surface area contributed by atoms with Crippen molar-refractivity contribution in [1.29, 1.82) is 0 Å². The minimum absolute atomic E-state index is 0.0848. The molecule has 0 aromatic heterocycles. The van der Waals surface area contributed by atoms with Gasteiger partial charge in [0.25, 0.3) is 0 Å². The molecule has 14 nitrogen and oxygen atoms in total. The number of esters is 2. The van der Waals surface area contributed by atoms with Gasteiger partial charge in [0.05, 0.1) is 50.8 Å². The van der Waals surface area contributed by atoms with Gasteiger partial charge in [-0.25, -0.2) is 9.59 Å². The summed E-state index contributed by atoms with van der Waals surface area (Å²) in [5.41, 5.74) is 1.48. The van der Waals surface area contributed by atoms with Crippen LogP contribution in [0, 0.1) is 0 Å². The first-order valence-electron chi connectivity index (χ1n) is 42.9. The van der Waals surface area contributed by atoms with E-state index in [2.05, 4.69) is 51.5 Å². The van der Waals surface area contributed by atoms with Crippen LogP contribution in [-0.2, 0) is 0 Å². The third-order valence-electron chi connectivity index (χ3n) is 19.5. The molecule has 4 aromatic carbocycles. The monoisotopic (exact) mass is 1460 g/mol. The smallest absolute Gasteiger partial charge is 0.343 e. The SMILES string of the molecule is CCCCCCCCCCOc1cc(C(=O)Oc2ccc(C=NCCCN=Cc3ccc(OC(=O)c4cc(OCCCCCCCCCC)c(OCCCCCCCCCC)c(OCCCCCCCCCC)c4)cc3O)c(O)c2)cc(OCCCCCCCCCC)c1OCCCCCCCCCC. The van der Waals surface area contributed by atoms with Gasteiger partial charge in [0.2, 0.25) is 11.5 Å². The molecule has 0 aliphatic carbocycles. The van der Waals surface area contributed by atoms with Gasteiger partial charge in [-0.3, -0.25) is 9.98 Å². The average Bonchev–Trinajstić information content (AvgIpc) is 0.817. The number of phenols is 2. The molecule has 2 N–H and O–H groups in total. The van der Waals surface area contributed by atoms with Crippen molar-refractivity contribution in [2.45, 2.75) is 356 Å². The Morgan fingerprint density at radius 3 is 0.733 bits per heavy atom. The number of carbonyl (C=O) groups excluding carboxylic acids is 2. The second-order valence-corrected chi connectivity index (χ2v) is 29.2. The number of ether oxygens (including phenoxy) is 8. The van der Waals surface area contributed by atoms with Gasteiger partial charge < -0.3 is 48.1 Å². The van der Waals surface area contributed by atoms with Crippen LogP contribution in [0.1, 0.15) is 388 Å². The summed E-state index contributed by atoms with van der Waals surface area (Å²) < 4.78 is 51.0. The normalized spacial score (nSPS) is 11.5. The molecular formula is C91H146N2O12. The van der Waals surface area contributed by atoms with E-state index in [1.54, 1.807) is 61.0 Å². The van der Waals surface area contributed by atoms with Gasteiger partial charge in [-0.2, -0.15) is 0 Å². The highest BCUT2D eigenvalue weighted by Gasteiger charge is 2.23. The molecule has 0 bridgehead atoms. The van der Waals surface area contributed by atoms with E-state index in [-0.39, 0.29) is 34.1 Å². The van der Waals surface area contributed by atoms with Crippen molar-refractivity contribution in [3.63, 3.8) is 0 Å². The van der Waals surface area contributed by atoms with Crippen LogP contribution in [0.25, 0.3) is 0 Å². The van der Waals surface area contributed by atoms with Crippen LogP contribution in [0.4, 0.5) is 0 Å². The number of rotatable bonds is 70. The molecule has 0 aliphatic heterocycles. The Labute approximate surface area is 638 Å². The van der Waals surface area contributed by atoms with Crippen LogP contribution < -0.4 is 37.9 Å². The molecule has 0 heterocycles. The highest BCUT2D eigenvalue weighted by atomic mass is 16.6. The Balaban J connectivity index is 1.41. The first-order valence-corrected chi connectivity index (χ1v) is 42.9. The Hall–Kier alpha value is -6.44.